The quantitative estimate of drug-likeness (QED) is 0.703. The SMILES string of the molecule is CC(CP(=O)(O)O)C1(Cn2cnc3cnc(N)nc32)CC1. The van der Waals surface area contributed by atoms with Crippen molar-refractivity contribution in [3.05, 3.63) is 12.5 Å². The maximum absolute atomic E-state index is 11.2. The van der Waals surface area contributed by atoms with E-state index in [-0.39, 0.29) is 23.4 Å². The highest BCUT2D eigenvalue weighted by Gasteiger charge is 2.49. The van der Waals surface area contributed by atoms with Crippen LogP contribution in [0.3, 0.4) is 0 Å². The Morgan fingerprint density at radius 2 is 2.19 bits per heavy atom. The third-order valence-electron chi connectivity index (χ3n) is 4.31. The number of imidazole rings is 1. The minimum absolute atomic E-state index is 0.0602. The number of rotatable bonds is 5. The molecule has 1 unspecified atom stereocenters. The van der Waals surface area contributed by atoms with Crippen molar-refractivity contribution in [3.63, 3.8) is 0 Å². The predicted octanol–water partition coefficient (Wildman–Crippen LogP) is 1.00. The summed E-state index contributed by atoms with van der Waals surface area (Å²) >= 11 is 0. The first-order valence-electron chi connectivity index (χ1n) is 6.77. The number of fused-ring (bicyclic) bond motifs is 1. The van der Waals surface area contributed by atoms with Gasteiger partial charge in [0, 0.05) is 6.54 Å². The molecule has 0 saturated heterocycles. The van der Waals surface area contributed by atoms with E-state index in [9.17, 15) is 4.57 Å². The third-order valence-corrected chi connectivity index (χ3v) is 5.33. The number of nitrogens with zero attached hydrogens (tertiary/aromatic N) is 4. The molecule has 4 N–H and O–H groups in total. The topological polar surface area (TPSA) is 127 Å². The summed E-state index contributed by atoms with van der Waals surface area (Å²) in [6.45, 7) is 2.54. The predicted molar refractivity (Wildman–Crippen MR) is 77.5 cm³/mol. The highest BCUT2D eigenvalue weighted by atomic mass is 31.2. The first-order valence-corrected chi connectivity index (χ1v) is 8.57. The van der Waals surface area contributed by atoms with E-state index in [1.165, 1.54) is 0 Å². The Labute approximate surface area is 121 Å². The maximum atomic E-state index is 11.2. The molecule has 1 aliphatic carbocycles. The number of anilines is 1. The molecular weight excluding hydrogens is 293 g/mol. The van der Waals surface area contributed by atoms with E-state index in [1.54, 1.807) is 12.5 Å². The van der Waals surface area contributed by atoms with E-state index in [1.807, 2.05) is 11.5 Å². The Bertz CT molecular complexity index is 721. The Kier molecular flexibility index (Phi) is 3.27. The molecule has 21 heavy (non-hydrogen) atoms. The minimum atomic E-state index is -3.99. The Morgan fingerprint density at radius 1 is 1.48 bits per heavy atom. The van der Waals surface area contributed by atoms with Crippen LogP contribution in [0.25, 0.3) is 11.2 Å². The van der Waals surface area contributed by atoms with Crippen LogP contribution in [-0.4, -0.2) is 35.5 Å². The summed E-state index contributed by atoms with van der Waals surface area (Å²) in [7, 11) is -3.99. The summed E-state index contributed by atoms with van der Waals surface area (Å²) in [4.78, 5) is 30.7. The number of nitrogens with two attached hydrogens (primary N) is 1. The molecule has 0 spiro atoms. The summed E-state index contributed by atoms with van der Waals surface area (Å²) in [5.41, 5.74) is 6.85. The van der Waals surface area contributed by atoms with Gasteiger partial charge in [0.25, 0.3) is 0 Å². The number of hydrogen-bond acceptors (Lipinski definition) is 5. The van der Waals surface area contributed by atoms with E-state index in [2.05, 4.69) is 15.0 Å². The van der Waals surface area contributed by atoms with Gasteiger partial charge in [-0.15, -0.1) is 0 Å². The summed E-state index contributed by atoms with van der Waals surface area (Å²) in [6, 6.07) is 0. The molecule has 8 nitrogen and oxygen atoms in total. The van der Waals surface area contributed by atoms with Crippen molar-refractivity contribution < 1.29 is 14.4 Å². The van der Waals surface area contributed by atoms with Crippen LogP contribution in [0.5, 0.6) is 0 Å². The van der Waals surface area contributed by atoms with E-state index in [0.717, 1.165) is 12.8 Å². The Hall–Kier alpha value is -1.50. The van der Waals surface area contributed by atoms with Crippen LogP contribution in [0, 0.1) is 11.3 Å². The summed E-state index contributed by atoms with van der Waals surface area (Å²) < 4.78 is 13.1. The van der Waals surface area contributed by atoms with Gasteiger partial charge in [0.2, 0.25) is 5.95 Å². The van der Waals surface area contributed by atoms with E-state index in [4.69, 9.17) is 15.5 Å². The van der Waals surface area contributed by atoms with Gasteiger partial charge in [0.1, 0.15) is 5.52 Å². The zero-order valence-corrected chi connectivity index (χ0v) is 12.6. The molecule has 1 fully saturated rings. The molecule has 114 valence electrons. The second-order valence-corrected chi connectivity index (χ2v) is 7.61. The monoisotopic (exact) mass is 311 g/mol. The van der Waals surface area contributed by atoms with Crippen LogP contribution in [0.1, 0.15) is 19.8 Å². The molecule has 2 heterocycles. The van der Waals surface area contributed by atoms with E-state index < -0.39 is 7.60 Å². The lowest BCUT2D eigenvalue weighted by molar-refractivity contribution is 0.290. The molecular formula is C12H18N5O3P. The van der Waals surface area contributed by atoms with Crippen LogP contribution in [-0.2, 0) is 11.1 Å². The van der Waals surface area contributed by atoms with Gasteiger partial charge >= 0.3 is 7.60 Å². The van der Waals surface area contributed by atoms with Gasteiger partial charge in [0.15, 0.2) is 5.65 Å². The first kappa shape index (κ1) is 14.4. The summed E-state index contributed by atoms with van der Waals surface area (Å²) in [5, 5.41) is 0. The second-order valence-electron chi connectivity index (χ2n) is 5.92. The largest absolute Gasteiger partial charge is 0.368 e. The number of hydrogen-bond donors (Lipinski definition) is 3. The van der Waals surface area contributed by atoms with Gasteiger partial charge in [-0.3, -0.25) is 4.57 Å². The molecule has 1 saturated carbocycles. The normalized spacial score (nSPS) is 18.8. The summed E-state index contributed by atoms with van der Waals surface area (Å²) in [6.07, 6.45) is 5.08. The van der Waals surface area contributed by atoms with Crippen molar-refractivity contribution in [3.8, 4) is 0 Å². The van der Waals surface area contributed by atoms with Crippen molar-refractivity contribution in [2.75, 3.05) is 11.9 Å². The van der Waals surface area contributed by atoms with Crippen LogP contribution in [0.2, 0.25) is 0 Å². The molecule has 1 atom stereocenters. The maximum Gasteiger partial charge on any atom is 0.325 e. The van der Waals surface area contributed by atoms with Gasteiger partial charge < -0.3 is 20.1 Å². The van der Waals surface area contributed by atoms with Gasteiger partial charge in [0.05, 0.1) is 18.7 Å². The van der Waals surface area contributed by atoms with Gasteiger partial charge in [-0.2, -0.15) is 4.98 Å². The molecule has 2 aromatic rings. The lowest BCUT2D eigenvalue weighted by Crippen LogP contribution is -2.22. The van der Waals surface area contributed by atoms with Crippen molar-refractivity contribution >= 4 is 24.7 Å². The molecule has 2 aromatic heterocycles. The van der Waals surface area contributed by atoms with Gasteiger partial charge in [-0.25, -0.2) is 9.97 Å². The van der Waals surface area contributed by atoms with Crippen LogP contribution >= 0.6 is 7.60 Å². The Balaban J connectivity index is 1.85. The van der Waals surface area contributed by atoms with Crippen LogP contribution < -0.4 is 5.73 Å². The Morgan fingerprint density at radius 3 is 2.81 bits per heavy atom. The standard InChI is InChI=1S/C12H18N5O3P/c1-8(5-21(18,19)20)12(2-3-12)6-17-7-15-9-4-14-11(13)16-10(9)17/h4,7-8H,2-3,5-6H2,1H3,(H2,13,14,16)(H2,18,19,20). The zero-order valence-electron chi connectivity index (χ0n) is 11.7. The molecule has 0 amide bonds. The fraction of sp³-hybridized carbons (Fsp3) is 0.583. The third kappa shape index (κ3) is 2.92. The highest BCUT2D eigenvalue weighted by molar-refractivity contribution is 7.51. The van der Waals surface area contributed by atoms with Gasteiger partial charge in [-0.1, -0.05) is 6.92 Å². The minimum Gasteiger partial charge on any atom is -0.368 e. The number of nitrogen functional groups attached to an aromatic ring is 1. The average Bonchev–Trinajstić information content (AvgIpc) is 3.05. The first-order chi connectivity index (χ1) is 9.79. The van der Waals surface area contributed by atoms with Crippen LogP contribution in [0.4, 0.5) is 5.95 Å². The molecule has 0 aromatic carbocycles. The molecule has 9 heteroatoms. The molecule has 0 aliphatic heterocycles. The van der Waals surface area contributed by atoms with Gasteiger partial charge in [-0.05, 0) is 24.2 Å². The highest BCUT2D eigenvalue weighted by Crippen LogP contribution is 2.56. The lowest BCUT2D eigenvalue weighted by atomic mass is 9.92. The van der Waals surface area contributed by atoms with E-state index in [0.29, 0.717) is 17.7 Å². The second kappa shape index (κ2) is 4.76. The summed E-state index contributed by atoms with van der Waals surface area (Å²) in [5.74, 6) is 0.132. The molecule has 0 radical (unpaired) electrons. The smallest absolute Gasteiger partial charge is 0.325 e. The van der Waals surface area contributed by atoms with Crippen LogP contribution in [0.15, 0.2) is 12.5 Å². The number of aromatic nitrogens is 4. The van der Waals surface area contributed by atoms with E-state index >= 15 is 0 Å². The molecule has 0 bridgehead atoms. The molecule has 3 rings (SSSR count). The zero-order chi connectivity index (χ0) is 15.3. The van der Waals surface area contributed by atoms with Crippen molar-refractivity contribution in [1.82, 2.24) is 19.5 Å². The van der Waals surface area contributed by atoms with Crippen molar-refractivity contribution in [2.24, 2.45) is 11.3 Å². The fourth-order valence-corrected chi connectivity index (χ4v) is 3.94. The van der Waals surface area contributed by atoms with Crippen molar-refractivity contribution in [2.45, 2.75) is 26.3 Å². The molecule has 1 aliphatic rings. The average molecular weight is 311 g/mol. The lowest BCUT2D eigenvalue weighted by Gasteiger charge is -2.24. The van der Waals surface area contributed by atoms with Crippen molar-refractivity contribution in [1.29, 1.82) is 0 Å². The fourth-order valence-electron chi connectivity index (χ4n) is 2.84.